The Morgan fingerprint density at radius 3 is 2.26 bits per heavy atom. The topological polar surface area (TPSA) is 123 Å². The highest BCUT2D eigenvalue weighted by atomic mass is 32.2. The number of methoxy groups -OCH3 is 1. The SMILES string of the molecule is COc1ccc(OC(=O)Nc2cccc(S(=O)(=O)N3Cc4ccccc4C[C@@H]3C(=O)NO[Si](C)(C)C)c2)cc1. The van der Waals surface area contributed by atoms with Crippen LogP contribution >= 0.6 is 0 Å². The Kier molecular flexibility index (Phi) is 8.40. The largest absolute Gasteiger partial charge is 0.497 e. The van der Waals surface area contributed by atoms with Crippen molar-refractivity contribution in [3.05, 3.63) is 83.9 Å². The maximum Gasteiger partial charge on any atom is 0.417 e. The van der Waals surface area contributed by atoms with Gasteiger partial charge in [-0.2, -0.15) is 4.31 Å². The van der Waals surface area contributed by atoms with Crippen molar-refractivity contribution < 1.29 is 32.0 Å². The lowest BCUT2D eigenvalue weighted by atomic mass is 9.95. The standard InChI is InChI=1S/C27H31N3O7SSi/c1-35-22-12-14-23(15-13-22)36-27(32)28-21-10-7-11-24(17-21)38(33,34)30-18-20-9-6-5-8-19(20)16-25(30)26(31)29-37-39(2,3)4/h5-15,17,25H,16,18H2,1-4H3,(H,28,32)(H,29,31)/t25-/m1/s1. The van der Waals surface area contributed by atoms with Crippen LogP contribution in [0.5, 0.6) is 11.5 Å². The van der Waals surface area contributed by atoms with E-state index in [1.165, 1.54) is 29.6 Å². The number of ether oxygens (including phenoxy) is 2. The average Bonchev–Trinajstić information content (AvgIpc) is 2.91. The molecule has 1 aliphatic heterocycles. The molecule has 2 amide bonds. The molecule has 0 unspecified atom stereocenters. The molecule has 206 valence electrons. The number of anilines is 1. The summed E-state index contributed by atoms with van der Waals surface area (Å²) in [6, 6.07) is 18.7. The Hall–Kier alpha value is -3.71. The monoisotopic (exact) mass is 569 g/mol. The van der Waals surface area contributed by atoms with Crippen LogP contribution in [0.2, 0.25) is 19.6 Å². The molecule has 4 rings (SSSR count). The third-order valence-corrected chi connectivity index (χ3v) is 8.49. The van der Waals surface area contributed by atoms with Gasteiger partial charge in [0.1, 0.15) is 17.5 Å². The summed E-state index contributed by atoms with van der Waals surface area (Å²) in [7, 11) is -4.73. The van der Waals surface area contributed by atoms with Crippen molar-refractivity contribution >= 4 is 36.0 Å². The van der Waals surface area contributed by atoms with Crippen molar-refractivity contribution in [3.8, 4) is 11.5 Å². The van der Waals surface area contributed by atoms with Crippen molar-refractivity contribution in [1.82, 2.24) is 9.79 Å². The molecule has 0 bridgehead atoms. The molecule has 10 nitrogen and oxygen atoms in total. The van der Waals surface area contributed by atoms with Crippen molar-refractivity contribution in [3.63, 3.8) is 0 Å². The number of benzene rings is 3. The fourth-order valence-electron chi connectivity index (χ4n) is 4.01. The van der Waals surface area contributed by atoms with Crippen molar-refractivity contribution in [2.75, 3.05) is 12.4 Å². The van der Waals surface area contributed by atoms with E-state index in [1.807, 2.05) is 43.9 Å². The molecule has 0 fully saturated rings. The minimum atomic E-state index is -4.16. The molecule has 3 aromatic rings. The summed E-state index contributed by atoms with van der Waals surface area (Å²) >= 11 is 0. The molecule has 0 spiro atoms. The first-order chi connectivity index (χ1) is 18.5. The molecule has 1 heterocycles. The number of fused-ring (bicyclic) bond motifs is 1. The van der Waals surface area contributed by atoms with Gasteiger partial charge < -0.3 is 14.0 Å². The molecule has 1 aliphatic rings. The van der Waals surface area contributed by atoms with Crippen LogP contribution in [-0.4, -0.2) is 46.2 Å². The number of hydroxylamine groups is 1. The fourth-order valence-corrected chi connectivity index (χ4v) is 6.03. The van der Waals surface area contributed by atoms with Gasteiger partial charge in [-0.15, -0.1) is 0 Å². The normalized spacial score (nSPS) is 15.6. The Morgan fingerprint density at radius 2 is 1.59 bits per heavy atom. The van der Waals surface area contributed by atoms with E-state index >= 15 is 0 Å². The van der Waals surface area contributed by atoms with Gasteiger partial charge in [0.2, 0.25) is 18.3 Å². The first-order valence-corrected chi connectivity index (χ1v) is 17.1. The van der Waals surface area contributed by atoms with Gasteiger partial charge in [0.15, 0.2) is 0 Å². The van der Waals surface area contributed by atoms with E-state index in [0.717, 1.165) is 11.1 Å². The fraction of sp³-hybridized carbons (Fsp3) is 0.259. The zero-order valence-electron chi connectivity index (χ0n) is 22.1. The van der Waals surface area contributed by atoms with E-state index in [0.29, 0.717) is 11.5 Å². The number of sulfonamides is 1. The molecule has 0 radical (unpaired) electrons. The average molecular weight is 570 g/mol. The summed E-state index contributed by atoms with van der Waals surface area (Å²) in [5.74, 6) is 0.367. The highest BCUT2D eigenvalue weighted by Gasteiger charge is 2.40. The minimum Gasteiger partial charge on any atom is -0.497 e. The maximum absolute atomic E-state index is 13.9. The molecule has 3 aromatic carbocycles. The molecule has 1 atom stereocenters. The van der Waals surface area contributed by atoms with Crippen LogP contribution in [0.3, 0.4) is 0 Å². The van der Waals surface area contributed by atoms with Gasteiger partial charge in [-0.1, -0.05) is 30.3 Å². The van der Waals surface area contributed by atoms with Gasteiger partial charge in [0, 0.05) is 12.2 Å². The van der Waals surface area contributed by atoms with Crippen LogP contribution in [0, 0.1) is 0 Å². The molecule has 2 N–H and O–H groups in total. The van der Waals surface area contributed by atoms with E-state index in [1.54, 1.807) is 30.3 Å². The second-order valence-electron chi connectivity index (χ2n) is 9.94. The number of amides is 2. The third kappa shape index (κ3) is 7.03. The summed E-state index contributed by atoms with van der Waals surface area (Å²) in [6.45, 7) is 5.75. The molecule has 0 aromatic heterocycles. The van der Waals surface area contributed by atoms with E-state index in [4.69, 9.17) is 14.0 Å². The Labute approximate surface area is 229 Å². The van der Waals surface area contributed by atoms with Gasteiger partial charge in [-0.25, -0.2) is 18.7 Å². The van der Waals surface area contributed by atoms with Crippen molar-refractivity contribution in [1.29, 1.82) is 0 Å². The van der Waals surface area contributed by atoms with Gasteiger partial charge >= 0.3 is 6.09 Å². The highest BCUT2D eigenvalue weighted by Crippen LogP contribution is 2.30. The van der Waals surface area contributed by atoms with Crippen LogP contribution in [0.15, 0.2) is 77.7 Å². The number of nitrogens with zero attached hydrogens (tertiary/aromatic N) is 1. The lowest BCUT2D eigenvalue weighted by Crippen LogP contribution is -2.53. The second kappa shape index (κ2) is 11.6. The van der Waals surface area contributed by atoms with E-state index < -0.39 is 36.4 Å². The predicted octanol–water partition coefficient (Wildman–Crippen LogP) is 4.30. The number of carbonyl (C=O) groups is 2. The van der Waals surface area contributed by atoms with Crippen molar-refractivity contribution in [2.24, 2.45) is 0 Å². The number of nitrogens with one attached hydrogen (secondary N) is 2. The van der Waals surface area contributed by atoms with Crippen LogP contribution in [0.25, 0.3) is 0 Å². The Bertz CT molecular complexity index is 1460. The summed E-state index contributed by atoms with van der Waals surface area (Å²) in [5, 5.41) is 2.55. The van der Waals surface area contributed by atoms with Crippen LogP contribution in [-0.2, 0) is 32.3 Å². The van der Waals surface area contributed by atoms with Crippen LogP contribution in [0.4, 0.5) is 10.5 Å². The number of hydrogen-bond acceptors (Lipinski definition) is 7. The third-order valence-electron chi connectivity index (χ3n) is 5.92. The van der Waals surface area contributed by atoms with Gasteiger partial charge in [-0.3, -0.25) is 10.1 Å². The zero-order valence-corrected chi connectivity index (χ0v) is 23.9. The van der Waals surface area contributed by atoms with Crippen molar-refractivity contribution in [2.45, 2.75) is 43.5 Å². The predicted molar refractivity (Wildman–Crippen MR) is 148 cm³/mol. The van der Waals surface area contributed by atoms with Gasteiger partial charge in [0.05, 0.1) is 12.0 Å². The summed E-state index contributed by atoms with van der Waals surface area (Å²) in [6.07, 6.45) is -0.593. The molecular weight excluding hydrogens is 538 g/mol. The summed E-state index contributed by atoms with van der Waals surface area (Å²) in [5.41, 5.74) is 4.41. The minimum absolute atomic E-state index is 0.0146. The first kappa shape index (κ1) is 28.3. The molecule has 12 heteroatoms. The van der Waals surface area contributed by atoms with E-state index in [2.05, 4.69) is 10.8 Å². The van der Waals surface area contributed by atoms with E-state index in [-0.39, 0.29) is 23.5 Å². The second-order valence-corrected chi connectivity index (χ2v) is 16.3. The molecule has 0 aliphatic carbocycles. The van der Waals surface area contributed by atoms with Gasteiger partial charge in [0.25, 0.3) is 5.91 Å². The maximum atomic E-state index is 13.9. The zero-order chi connectivity index (χ0) is 28.2. The Balaban J connectivity index is 1.56. The van der Waals surface area contributed by atoms with Gasteiger partial charge in [-0.05, 0) is 79.7 Å². The molecule has 0 saturated heterocycles. The molecule has 39 heavy (non-hydrogen) atoms. The molecular formula is C27H31N3O7SSi. The van der Waals surface area contributed by atoms with Crippen LogP contribution in [0.1, 0.15) is 11.1 Å². The van der Waals surface area contributed by atoms with E-state index in [9.17, 15) is 18.0 Å². The number of carbonyl (C=O) groups excluding carboxylic acids is 2. The number of hydrogen-bond donors (Lipinski definition) is 2. The Morgan fingerprint density at radius 1 is 0.923 bits per heavy atom. The highest BCUT2D eigenvalue weighted by molar-refractivity contribution is 7.89. The quantitative estimate of drug-likeness (QED) is 0.306. The van der Waals surface area contributed by atoms with Crippen LogP contribution < -0.4 is 20.3 Å². The summed E-state index contributed by atoms with van der Waals surface area (Å²) < 4.78 is 44.8. The lowest BCUT2D eigenvalue weighted by Gasteiger charge is -2.35. The lowest BCUT2D eigenvalue weighted by molar-refractivity contribution is -0.132. The summed E-state index contributed by atoms with van der Waals surface area (Å²) in [4.78, 5) is 25.5. The smallest absolute Gasteiger partial charge is 0.417 e. The first-order valence-electron chi connectivity index (χ1n) is 12.3. The number of rotatable bonds is 8. The molecule has 0 saturated carbocycles.